The third kappa shape index (κ3) is 3.06. The lowest BCUT2D eigenvalue weighted by Gasteiger charge is -2.35. The number of hydrogen-bond acceptors (Lipinski definition) is 3. The maximum atomic E-state index is 13.6. The predicted octanol–water partition coefficient (Wildman–Crippen LogP) is 3.08. The first-order chi connectivity index (χ1) is 12.1. The summed E-state index contributed by atoms with van der Waals surface area (Å²) in [5, 5.41) is 2.78. The van der Waals surface area contributed by atoms with Crippen molar-refractivity contribution in [3.63, 3.8) is 0 Å². The first-order valence-corrected chi connectivity index (χ1v) is 9.41. The van der Waals surface area contributed by atoms with Gasteiger partial charge in [0.1, 0.15) is 11.9 Å². The van der Waals surface area contributed by atoms with Gasteiger partial charge >= 0.3 is 0 Å². The van der Waals surface area contributed by atoms with Crippen LogP contribution in [0.4, 0.5) is 4.39 Å². The molecule has 1 aromatic carbocycles. The van der Waals surface area contributed by atoms with Crippen LogP contribution >= 0.6 is 11.3 Å². The zero-order valence-corrected chi connectivity index (χ0v) is 14.6. The van der Waals surface area contributed by atoms with E-state index in [-0.39, 0.29) is 11.8 Å². The maximum absolute atomic E-state index is 13.6. The SMILES string of the molecule is O=C1NCCN(C(=O)c2cc3c(s2)CCCC3)[C@H]1c1cccc(F)c1. The first kappa shape index (κ1) is 16.3. The number of benzene rings is 1. The van der Waals surface area contributed by atoms with Gasteiger partial charge in [0, 0.05) is 18.0 Å². The average molecular weight is 358 g/mol. The fourth-order valence-corrected chi connectivity index (χ4v) is 4.84. The van der Waals surface area contributed by atoms with Crippen molar-refractivity contribution >= 4 is 23.2 Å². The van der Waals surface area contributed by atoms with Crippen molar-refractivity contribution in [1.29, 1.82) is 0 Å². The summed E-state index contributed by atoms with van der Waals surface area (Å²) in [6, 6.07) is 7.13. The highest BCUT2D eigenvalue weighted by atomic mass is 32.1. The Kier molecular flexibility index (Phi) is 4.29. The van der Waals surface area contributed by atoms with E-state index in [1.165, 1.54) is 29.0 Å². The summed E-state index contributed by atoms with van der Waals surface area (Å²) in [7, 11) is 0. The number of carbonyl (C=O) groups excluding carboxylic acids is 2. The molecule has 130 valence electrons. The summed E-state index contributed by atoms with van der Waals surface area (Å²) >= 11 is 1.54. The van der Waals surface area contributed by atoms with E-state index in [2.05, 4.69) is 5.32 Å². The van der Waals surface area contributed by atoms with E-state index < -0.39 is 11.9 Å². The summed E-state index contributed by atoms with van der Waals surface area (Å²) in [4.78, 5) is 29.1. The molecule has 1 saturated heterocycles. The zero-order valence-electron chi connectivity index (χ0n) is 13.8. The van der Waals surface area contributed by atoms with Crippen LogP contribution in [0.2, 0.25) is 0 Å². The second-order valence-electron chi connectivity index (χ2n) is 6.51. The molecule has 0 radical (unpaired) electrons. The molecular formula is C19H19FN2O2S. The number of thiophene rings is 1. The van der Waals surface area contributed by atoms with Crippen molar-refractivity contribution < 1.29 is 14.0 Å². The van der Waals surface area contributed by atoms with Crippen LogP contribution in [-0.2, 0) is 17.6 Å². The van der Waals surface area contributed by atoms with E-state index in [9.17, 15) is 14.0 Å². The third-order valence-corrected chi connectivity index (χ3v) is 6.07. The minimum Gasteiger partial charge on any atom is -0.352 e. The quantitative estimate of drug-likeness (QED) is 0.897. The summed E-state index contributed by atoms with van der Waals surface area (Å²) in [6.45, 7) is 0.843. The van der Waals surface area contributed by atoms with Gasteiger partial charge in [0.05, 0.1) is 4.88 Å². The Morgan fingerprint density at radius 3 is 2.88 bits per heavy atom. The third-order valence-electron chi connectivity index (χ3n) is 4.84. The fraction of sp³-hybridized carbons (Fsp3) is 0.368. The van der Waals surface area contributed by atoms with Crippen LogP contribution in [0, 0.1) is 5.82 Å². The molecule has 1 aliphatic carbocycles. The highest BCUT2D eigenvalue weighted by molar-refractivity contribution is 7.14. The number of rotatable bonds is 2. The van der Waals surface area contributed by atoms with Gasteiger partial charge in [-0.15, -0.1) is 11.3 Å². The molecule has 25 heavy (non-hydrogen) atoms. The lowest BCUT2D eigenvalue weighted by molar-refractivity contribution is -0.128. The average Bonchev–Trinajstić information content (AvgIpc) is 3.05. The second-order valence-corrected chi connectivity index (χ2v) is 7.65. The Balaban J connectivity index is 1.67. The van der Waals surface area contributed by atoms with E-state index in [1.54, 1.807) is 28.4 Å². The number of carbonyl (C=O) groups is 2. The van der Waals surface area contributed by atoms with Gasteiger partial charge in [0.2, 0.25) is 5.91 Å². The number of halogens is 1. The van der Waals surface area contributed by atoms with Gasteiger partial charge < -0.3 is 10.2 Å². The number of hydrogen-bond donors (Lipinski definition) is 1. The van der Waals surface area contributed by atoms with E-state index in [0.29, 0.717) is 23.5 Å². The van der Waals surface area contributed by atoms with Gasteiger partial charge in [-0.05, 0) is 55.0 Å². The monoisotopic (exact) mass is 358 g/mol. The molecule has 6 heteroatoms. The first-order valence-electron chi connectivity index (χ1n) is 8.59. The van der Waals surface area contributed by atoms with E-state index in [1.807, 2.05) is 6.07 Å². The van der Waals surface area contributed by atoms with Gasteiger partial charge in [-0.25, -0.2) is 4.39 Å². The van der Waals surface area contributed by atoms with E-state index >= 15 is 0 Å². The predicted molar refractivity (Wildman–Crippen MR) is 94.1 cm³/mol. The van der Waals surface area contributed by atoms with Crippen LogP contribution in [0.15, 0.2) is 30.3 Å². The summed E-state index contributed by atoms with van der Waals surface area (Å²) < 4.78 is 13.6. The molecule has 1 atom stereocenters. The molecule has 0 bridgehead atoms. The van der Waals surface area contributed by atoms with Crippen molar-refractivity contribution in [3.8, 4) is 0 Å². The molecule has 1 aromatic heterocycles. The van der Waals surface area contributed by atoms with Crippen LogP contribution in [-0.4, -0.2) is 29.8 Å². The Labute approximate surface area is 149 Å². The smallest absolute Gasteiger partial charge is 0.264 e. The molecule has 2 amide bonds. The number of aryl methyl sites for hydroxylation is 2. The molecule has 1 aliphatic heterocycles. The summed E-state index contributed by atoms with van der Waals surface area (Å²) in [6.07, 6.45) is 4.38. The Morgan fingerprint density at radius 1 is 1.24 bits per heavy atom. The molecule has 0 saturated carbocycles. The van der Waals surface area contributed by atoms with Crippen molar-refractivity contribution in [3.05, 3.63) is 57.0 Å². The number of fused-ring (bicyclic) bond motifs is 1. The number of amides is 2. The van der Waals surface area contributed by atoms with Crippen LogP contribution in [0.5, 0.6) is 0 Å². The molecule has 2 aromatic rings. The number of nitrogens with zero attached hydrogens (tertiary/aromatic N) is 1. The summed E-state index contributed by atoms with van der Waals surface area (Å²) in [5.74, 6) is -0.801. The van der Waals surface area contributed by atoms with Crippen LogP contribution in [0.1, 0.15) is 44.6 Å². The van der Waals surface area contributed by atoms with Crippen LogP contribution < -0.4 is 5.32 Å². The highest BCUT2D eigenvalue weighted by Gasteiger charge is 2.35. The summed E-state index contributed by atoms with van der Waals surface area (Å²) in [5.41, 5.74) is 1.77. The molecule has 0 spiro atoms. The van der Waals surface area contributed by atoms with Gasteiger partial charge in [-0.3, -0.25) is 9.59 Å². The fourth-order valence-electron chi connectivity index (χ4n) is 3.63. The van der Waals surface area contributed by atoms with Crippen molar-refractivity contribution in [2.45, 2.75) is 31.7 Å². The number of piperazine rings is 1. The van der Waals surface area contributed by atoms with Gasteiger partial charge in [0.25, 0.3) is 5.91 Å². The molecule has 4 nitrogen and oxygen atoms in total. The zero-order chi connectivity index (χ0) is 17.4. The van der Waals surface area contributed by atoms with Crippen molar-refractivity contribution in [2.24, 2.45) is 0 Å². The normalized spacial score (nSPS) is 20.1. The van der Waals surface area contributed by atoms with Crippen LogP contribution in [0.3, 0.4) is 0 Å². The Hall–Kier alpha value is -2.21. The Bertz CT molecular complexity index is 809. The van der Waals surface area contributed by atoms with Gasteiger partial charge in [-0.1, -0.05) is 12.1 Å². The highest BCUT2D eigenvalue weighted by Crippen LogP contribution is 2.32. The second kappa shape index (κ2) is 6.59. The molecule has 4 rings (SSSR count). The lowest BCUT2D eigenvalue weighted by Crippen LogP contribution is -2.52. The number of nitrogens with one attached hydrogen (secondary N) is 1. The van der Waals surface area contributed by atoms with Crippen LogP contribution in [0.25, 0.3) is 0 Å². The van der Waals surface area contributed by atoms with Crippen molar-refractivity contribution in [1.82, 2.24) is 10.2 Å². The molecule has 0 unspecified atom stereocenters. The molecule has 1 N–H and O–H groups in total. The van der Waals surface area contributed by atoms with Gasteiger partial charge in [0.15, 0.2) is 0 Å². The minimum absolute atomic E-state index is 0.136. The maximum Gasteiger partial charge on any atom is 0.264 e. The lowest BCUT2D eigenvalue weighted by atomic mass is 9.99. The van der Waals surface area contributed by atoms with E-state index in [4.69, 9.17) is 0 Å². The Morgan fingerprint density at radius 2 is 2.08 bits per heavy atom. The minimum atomic E-state index is -0.781. The largest absolute Gasteiger partial charge is 0.352 e. The van der Waals surface area contributed by atoms with Crippen molar-refractivity contribution in [2.75, 3.05) is 13.1 Å². The standard InChI is InChI=1S/C19H19FN2O2S/c20-14-6-3-5-13(10-14)17-18(23)21-8-9-22(17)19(24)16-11-12-4-1-2-7-15(12)25-16/h3,5-6,10-11,17H,1-2,4,7-9H2,(H,21,23)/t17-/m0/s1. The topological polar surface area (TPSA) is 49.4 Å². The molecule has 2 aliphatic rings. The molecule has 1 fully saturated rings. The molecule has 2 heterocycles. The van der Waals surface area contributed by atoms with E-state index in [0.717, 1.165) is 19.3 Å². The molecular weight excluding hydrogens is 339 g/mol. The van der Waals surface area contributed by atoms with Gasteiger partial charge in [-0.2, -0.15) is 0 Å².